The first-order valence-corrected chi connectivity index (χ1v) is 8.88. The summed E-state index contributed by atoms with van der Waals surface area (Å²) in [6.45, 7) is 3.07. The normalized spacial score (nSPS) is 20.0. The van der Waals surface area contributed by atoms with Crippen molar-refractivity contribution in [1.82, 2.24) is 19.8 Å². The number of halogens is 1. The zero-order chi connectivity index (χ0) is 19.0. The topological polar surface area (TPSA) is 90.7 Å². The number of hydrogen-bond donors (Lipinski definition) is 2. The van der Waals surface area contributed by atoms with Gasteiger partial charge in [0.05, 0.1) is 12.2 Å². The number of carbonyl (C=O) groups is 2. The average molecular weight is 373 g/mol. The first-order chi connectivity index (χ1) is 13.0. The van der Waals surface area contributed by atoms with Gasteiger partial charge in [-0.05, 0) is 38.1 Å². The summed E-state index contributed by atoms with van der Waals surface area (Å²) in [5.74, 6) is -0.129. The first kappa shape index (κ1) is 17.5. The fourth-order valence-corrected chi connectivity index (χ4v) is 3.49. The van der Waals surface area contributed by atoms with Gasteiger partial charge >= 0.3 is 6.09 Å². The Hall–Kier alpha value is -2.94. The van der Waals surface area contributed by atoms with Crippen LogP contribution in [0, 0.1) is 5.82 Å². The van der Waals surface area contributed by atoms with E-state index in [0.717, 1.165) is 18.9 Å². The van der Waals surface area contributed by atoms with Crippen LogP contribution >= 0.6 is 0 Å². The lowest BCUT2D eigenvalue weighted by Crippen LogP contribution is -2.41. The number of hydrogen-bond acceptors (Lipinski definition) is 4. The Balaban J connectivity index is 1.54. The van der Waals surface area contributed by atoms with Gasteiger partial charge in [-0.25, -0.2) is 14.2 Å². The molecule has 0 spiro atoms. The molecule has 2 fully saturated rings. The van der Waals surface area contributed by atoms with Crippen molar-refractivity contribution in [2.45, 2.75) is 25.4 Å². The molecule has 2 amide bonds. The molecule has 142 valence electrons. The summed E-state index contributed by atoms with van der Waals surface area (Å²) >= 11 is 0. The number of benzene rings is 1. The SMILES string of the molecule is O=C(O)NC1CCN(c2ccc(-n3ccnc3CN3CCC3)cc2F)C1=O. The van der Waals surface area contributed by atoms with Crippen LogP contribution in [0.1, 0.15) is 18.7 Å². The second kappa shape index (κ2) is 6.99. The molecule has 1 atom stereocenters. The summed E-state index contributed by atoms with van der Waals surface area (Å²) in [5.41, 5.74) is 0.791. The predicted molar refractivity (Wildman–Crippen MR) is 95.3 cm³/mol. The third-order valence-electron chi connectivity index (χ3n) is 5.03. The Morgan fingerprint density at radius 1 is 1.33 bits per heavy atom. The molecule has 8 nitrogen and oxygen atoms in total. The Morgan fingerprint density at radius 2 is 2.15 bits per heavy atom. The van der Waals surface area contributed by atoms with Gasteiger partial charge < -0.3 is 19.9 Å². The zero-order valence-corrected chi connectivity index (χ0v) is 14.6. The van der Waals surface area contributed by atoms with E-state index < -0.39 is 23.9 Å². The highest BCUT2D eigenvalue weighted by Gasteiger charge is 2.34. The Kier molecular flexibility index (Phi) is 4.53. The molecular formula is C18H20FN5O3. The van der Waals surface area contributed by atoms with Crippen molar-refractivity contribution in [3.8, 4) is 5.69 Å². The molecule has 0 saturated carbocycles. The molecule has 1 unspecified atom stereocenters. The second-order valence-corrected chi connectivity index (χ2v) is 6.76. The van der Waals surface area contributed by atoms with Crippen LogP contribution < -0.4 is 10.2 Å². The van der Waals surface area contributed by atoms with E-state index in [1.54, 1.807) is 24.5 Å². The Morgan fingerprint density at radius 3 is 2.81 bits per heavy atom. The highest BCUT2D eigenvalue weighted by atomic mass is 19.1. The van der Waals surface area contributed by atoms with Gasteiger partial charge in [0.15, 0.2) is 0 Å². The summed E-state index contributed by atoms with van der Waals surface area (Å²) in [5, 5.41) is 11.0. The minimum absolute atomic E-state index is 0.155. The fraction of sp³-hybridized carbons (Fsp3) is 0.389. The Bertz CT molecular complexity index is 880. The van der Waals surface area contributed by atoms with Crippen LogP contribution in [-0.4, -0.2) is 57.2 Å². The van der Waals surface area contributed by atoms with Gasteiger partial charge in [0.1, 0.15) is 17.7 Å². The van der Waals surface area contributed by atoms with E-state index in [0.29, 0.717) is 18.7 Å². The van der Waals surface area contributed by atoms with Gasteiger partial charge in [-0.15, -0.1) is 0 Å². The highest BCUT2D eigenvalue weighted by Crippen LogP contribution is 2.27. The summed E-state index contributed by atoms with van der Waals surface area (Å²) in [7, 11) is 0. The standard InChI is InChI=1S/C18H20FN5O3/c19-13-10-12(23-9-5-20-16(23)11-22-6-1-7-22)2-3-15(13)24-8-4-14(17(24)25)21-18(26)27/h2-3,5,9-10,14,21H,1,4,6-8,11H2,(H,26,27). The van der Waals surface area contributed by atoms with E-state index in [1.807, 2.05) is 4.57 Å². The molecule has 9 heteroatoms. The molecule has 4 rings (SSSR count). The van der Waals surface area contributed by atoms with Crippen molar-refractivity contribution >= 4 is 17.7 Å². The van der Waals surface area contributed by atoms with Crippen LogP contribution in [0.3, 0.4) is 0 Å². The van der Waals surface area contributed by atoms with Gasteiger partial charge in [0.2, 0.25) is 5.91 Å². The number of likely N-dealkylation sites (tertiary alicyclic amines) is 1. The molecule has 2 aliphatic heterocycles. The lowest BCUT2D eigenvalue weighted by atomic mass is 10.2. The van der Waals surface area contributed by atoms with Crippen LogP contribution in [0.15, 0.2) is 30.6 Å². The van der Waals surface area contributed by atoms with Crippen molar-refractivity contribution < 1.29 is 19.1 Å². The van der Waals surface area contributed by atoms with Crippen LogP contribution in [-0.2, 0) is 11.3 Å². The molecular weight excluding hydrogens is 353 g/mol. The summed E-state index contributed by atoms with van der Waals surface area (Å²) < 4.78 is 16.6. The molecule has 2 N–H and O–H groups in total. The second-order valence-electron chi connectivity index (χ2n) is 6.76. The lowest BCUT2D eigenvalue weighted by molar-refractivity contribution is -0.118. The van der Waals surface area contributed by atoms with E-state index in [4.69, 9.17) is 5.11 Å². The van der Waals surface area contributed by atoms with Crippen LogP contribution in [0.5, 0.6) is 0 Å². The van der Waals surface area contributed by atoms with Gasteiger partial charge in [0, 0.05) is 30.7 Å². The van der Waals surface area contributed by atoms with Crippen molar-refractivity contribution in [1.29, 1.82) is 0 Å². The summed E-state index contributed by atoms with van der Waals surface area (Å²) in [6.07, 6.45) is 3.71. The van der Waals surface area contributed by atoms with E-state index >= 15 is 0 Å². The number of aromatic nitrogens is 2. The molecule has 2 aliphatic rings. The first-order valence-electron chi connectivity index (χ1n) is 8.88. The maximum atomic E-state index is 14.8. The minimum atomic E-state index is -1.26. The van der Waals surface area contributed by atoms with Crippen LogP contribution in [0.2, 0.25) is 0 Å². The molecule has 1 aromatic carbocycles. The molecule has 27 heavy (non-hydrogen) atoms. The van der Waals surface area contributed by atoms with Gasteiger partial charge in [-0.3, -0.25) is 9.69 Å². The smallest absolute Gasteiger partial charge is 0.405 e. The molecule has 2 saturated heterocycles. The van der Waals surface area contributed by atoms with Gasteiger partial charge in [0.25, 0.3) is 0 Å². The number of carboxylic acid groups (broad SMARTS) is 1. The monoisotopic (exact) mass is 373 g/mol. The van der Waals surface area contributed by atoms with Crippen molar-refractivity contribution in [3.05, 3.63) is 42.2 Å². The number of carbonyl (C=O) groups excluding carboxylic acids is 1. The number of nitrogens with one attached hydrogen (secondary N) is 1. The van der Waals surface area contributed by atoms with Crippen LogP contribution in [0.25, 0.3) is 5.69 Å². The quantitative estimate of drug-likeness (QED) is 0.831. The van der Waals surface area contributed by atoms with Gasteiger partial charge in [-0.1, -0.05) is 0 Å². The van der Waals surface area contributed by atoms with Crippen molar-refractivity contribution in [3.63, 3.8) is 0 Å². The average Bonchev–Trinajstić information content (AvgIpc) is 3.18. The fourth-order valence-electron chi connectivity index (χ4n) is 3.49. The number of amides is 2. The molecule has 0 aliphatic carbocycles. The number of imidazole rings is 1. The highest BCUT2D eigenvalue weighted by molar-refractivity contribution is 6.00. The van der Waals surface area contributed by atoms with Crippen molar-refractivity contribution in [2.75, 3.05) is 24.5 Å². The number of rotatable bonds is 5. The zero-order valence-electron chi connectivity index (χ0n) is 14.6. The molecule has 0 bridgehead atoms. The summed E-state index contributed by atoms with van der Waals surface area (Å²) in [4.78, 5) is 31.0. The van der Waals surface area contributed by atoms with E-state index in [2.05, 4.69) is 15.2 Å². The molecule has 0 radical (unpaired) electrons. The third kappa shape index (κ3) is 3.37. The number of nitrogens with zero attached hydrogens (tertiary/aromatic N) is 4. The third-order valence-corrected chi connectivity index (χ3v) is 5.03. The van der Waals surface area contributed by atoms with Gasteiger partial charge in [-0.2, -0.15) is 0 Å². The molecule has 1 aromatic heterocycles. The Labute approximate surface area is 155 Å². The van der Waals surface area contributed by atoms with E-state index in [9.17, 15) is 14.0 Å². The van der Waals surface area contributed by atoms with E-state index in [-0.39, 0.29) is 12.2 Å². The summed E-state index contributed by atoms with van der Waals surface area (Å²) in [6, 6.07) is 3.84. The largest absolute Gasteiger partial charge is 0.465 e. The van der Waals surface area contributed by atoms with E-state index in [1.165, 1.54) is 17.4 Å². The maximum Gasteiger partial charge on any atom is 0.405 e. The maximum absolute atomic E-state index is 14.8. The minimum Gasteiger partial charge on any atom is -0.465 e. The predicted octanol–water partition coefficient (Wildman–Crippen LogP) is 1.59. The van der Waals surface area contributed by atoms with Crippen molar-refractivity contribution in [2.24, 2.45) is 0 Å². The molecule has 3 heterocycles. The number of anilines is 1. The lowest BCUT2D eigenvalue weighted by Gasteiger charge is -2.30. The van der Waals surface area contributed by atoms with Crippen LogP contribution in [0.4, 0.5) is 14.9 Å². The molecule has 2 aromatic rings.